The molecule has 2 atom stereocenters. The highest BCUT2D eigenvalue weighted by Gasteiger charge is 2.17. The molecule has 1 aromatic carbocycles. The smallest absolute Gasteiger partial charge is 0.127 e. The first-order valence-electron chi connectivity index (χ1n) is 6.38. The Labute approximate surface area is 122 Å². The van der Waals surface area contributed by atoms with E-state index in [1.54, 1.807) is 0 Å². The molecule has 1 aromatic rings. The van der Waals surface area contributed by atoms with Crippen molar-refractivity contribution < 1.29 is 4.74 Å². The van der Waals surface area contributed by atoms with Crippen molar-refractivity contribution in [1.82, 2.24) is 5.32 Å². The van der Waals surface area contributed by atoms with Crippen LogP contribution in [0.25, 0.3) is 0 Å². The maximum atomic E-state index is 6.00. The van der Waals surface area contributed by atoms with Crippen molar-refractivity contribution in [1.29, 1.82) is 0 Å². The number of benzene rings is 1. The average molecular weight is 333 g/mol. The summed E-state index contributed by atoms with van der Waals surface area (Å²) in [5, 5.41) is 3.71. The molecule has 2 unspecified atom stereocenters. The summed E-state index contributed by atoms with van der Waals surface area (Å²) >= 11 is 9.56. The van der Waals surface area contributed by atoms with E-state index in [2.05, 4.69) is 40.3 Å². The lowest BCUT2D eigenvalue weighted by molar-refractivity contribution is 0.351. The van der Waals surface area contributed by atoms with Crippen molar-refractivity contribution in [2.75, 3.05) is 6.61 Å². The zero-order valence-electron chi connectivity index (χ0n) is 10.8. The van der Waals surface area contributed by atoms with Gasteiger partial charge in [-0.05, 0) is 38.0 Å². The van der Waals surface area contributed by atoms with Crippen molar-refractivity contribution in [2.45, 2.75) is 44.7 Å². The summed E-state index contributed by atoms with van der Waals surface area (Å²) in [6.45, 7) is 5.82. The van der Waals surface area contributed by atoms with Gasteiger partial charge in [0.15, 0.2) is 0 Å². The van der Waals surface area contributed by atoms with Gasteiger partial charge in [-0.3, -0.25) is 0 Å². The van der Waals surface area contributed by atoms with Gasteiger partial charge in [0.05, 0.1) is 6.61 Å². The van der Waals surface area contributed by atoms with E-state index < -0.39 is 0 Å². The summed E-state index contributed by atoms with van der Waals surface area (Å²) < 4.78 is 6.84. The van der Waals surface area contributed by atoms with Crippen LogP contribution in [0.1, 0.15) is 31.4 Å². The van der Waals surface area contributed by atoms with Gasteiger partial charge in [-0.15, -0.1) is 11.6 Å². The lowest BCUT2D eigenvalue weighted by Crippen LogP contribution is -2.27. The van der Waals surface area contributed by atoms with Gasteiger partial charge in [0.2, 0.25) is 0 Å². The zero-order chi connectivity index (χ0) is 13.1. The molecule has 1 aliphatic heterocycles. The molecule has 4 heteroatoms. The van der Waals surface area contributed by atoms with Gasteiger partial charge >= 0.3 is 0 Å². The molecule has 100 valence electrons. The number of ether oxygens (including phenoxy) is 1. The van der Waals surface area contributed by atoms with Crippen LogP contribution < -0.4 is 10.1 Å². The Balaban J connectivity index is 2.01. The summed E-state index contributed by atoms with van der Waals surface area (Å²) in [4.78, 5) is 0. The number of hydrogen-bond donors (Lipinski definition) is 1. The summed E-state index contributed by atoms with van der Waals surface area (Å²) in [5.74, 6) is 1.07. The number of alkyl halides is 1. The third kappa shape index (κ3) is 3.62. The van der Waals surface area contributed by atoms with E-state index in [1.807, 2.05) is 6.92 Å². The van der Waals surface area contributed by atoms with Gasteiger partial charge in [-0.2, -0.15) is 0 Å². The molecule has 0 saturated carbocycles. The number of nitrogens with one attached hydrogen (secondary N) is 1. The molecule has 2 nitrogen and oxygen atoms in total. The summed E-state index contributed by atoms with van der Waals surface area (Å²) in [6.07, 6.45) is 1.98. The van der Waals surface area contributed by atoms with Crippen LogP contribution in [0, 0.1) is 0 Å². The SMILES string of the molecule is CC(Cl)CC(C)NCc1cc(Br)cc2c1OCC2. The van der Waals surface area contributed by atoms with E-state index in [0.29, 0.717) is 6.04 Å². The molecule has 1 heterocycles. The van der Waals surface area contributed by atoms with Crippen LogP contribution in [-0.2, 0) is 13.0 Å². The molecule has 0 radical (unpaired) electrons. The first-order valence-corrected chi connectivity index (χ1v) is 7.60. The number of fused-ring (bicyclic) bond motifs is 1. The van der Waals surface area contributed by atoms with Gasteiger partial charge < -0.3 is 10.1 Å². The third-order valence-corrected chi connectivity index (χ3v) is 3.78. The van der Waals surface area contributed by atoms with Crippen LogP contribution >= 0.6 is 27.5 Å². The Bertz CT molecular complexity index is 423. The van der Waals surface area contributed by atoms with E-state index >= 15 is 0 Å². The Morgan fingerprint density at radius 3 is 2.94 bits per heavy atom. The molecule has 2 rings (SSSR count). The lowest BCUT2D eigenvalue weighted by atomic mass is 10.1. The minimum Gasteiger partial charge on any atom is -0.493 e. The van der Waals surface area contributed by atoms with E-state index in [0.717, 1.165) is 36.2 Å². The summed E-state index contributed by atoms with van der Waals surface area (Å²) in [7, 11) is 0. The topological polar surface area (TPSA) is 21.3 Å². The Morgan fingerprint density at radius 1 is 1.44 bits per heavy atom. The second-order valence-corrected chi connectivity index (χ2v) is 6.61. The lowest BCUT2D eigenvalue weighted by Gasteiger charge is -2.16. The van der Waals surface area contributed by atoms with Gasteiger partial charge in [0, 0.05) is 34.4 Å². The van der Waals surface area contributed by atoms with E-state index in [1.165, 1.54) is 11.1 Å². The van der Waals surface area contributed by atoms with E-state index in [-0.39, 0.29) is 5.38 Å². The average Bonchev–Trinajstić information content (AvgIpc) is 2.72. The molecule has 0 aromatic heterocycles. The molecule has 18 heavy (non-hydrogen) atoms. The van der Waals surface area contributed by atoms with Crippen molar-refractivity contribution in [3.63, 3.8) is 0 Å². The van der Waals surface area contributed by atoms with Crippen LogP contribution in [0.4, 0.5) is 0 Å². The van der Waals surface area contributed by atoms with Crippen molar-refractivity contribution in [2.24, 2.45) is 0 Å². The Kier molecular flexibility index (Phi) is 4.93. The first-order chi connectivity index (χ1) is 8.56. The Morgan fingerprint density at radius 2 is 2.22 bits per heavy atom. The van der Waals surface area contributed by atoms with Crippen molar-refractivity contribution >= 4 is 27.5 Å². The fourth-order valence-corrected chi connectivity index (χ4v) is 3.15. The number of rotatable bonds is 5. The van der Waals surface area contributed by atoms with E-state index in [9.17, 15) is 0 Å². The number of halogens is 2. The standard InChI is InChI=1S/C14H19BrClNO/c1-9(16)5-10(2)17-8-12-7-13(15)6-11-3-4-18-14(11)12/h6-7,9-10,17H,3-5,8H2,1-2H3. The second kappa shape index (κ2) is 6.27. The molecule has 0 aliphatic carbocycles. The molecular weight excluding hydrogens is 314 g/mol. The quantitative estimate of drug-likeness (QED) is 0.826. The molecule has 0 bridgehead atoms. The maximum absolute atomic E-state index is 6.00. The maximum Gasteiger partial charge on any atom is 0.127 e. The highest BCUT2D eigenvalue weighted by atomic mass is 79.9. The predicted molar refractivity (Wildman–Crippen MR) is 79.6 cm³/mol. The van der Waals surface area contributed by atoms with Crippen LogP contribution in [0.3, 0.4) is 0 Å². The largest absolute Gasteiger partial charge is 0.493 e. The second-order valence-electron chi connectivity index (χ2n) is 4.95. The Hall–Kier alpha value is -0.250. The highest BCUT2D eigenvalue weighted by molar-refractivity contribution is 9.10. The van der Waals surface area contributed by atoms with E-state index in [4.69, 9.17) is 16.3 Å². The monoisotopic (exact) mass is 331 g/mol. The molecule has 1 aliphatic rings. The molecule has 1 N–H and O–H groups in total. The third-order valence-electron chi connectivity index (χ3n) is 3.14. The van der Waals surface area contributed by atoms with Crippen LogP contribution in [-0.4, -0.2) is 18.0 Å². The minimum atomic E-state index is 0.206. The van der Waals surface area contributed by atoms with Crippen molar-refractivity contribution in [3.8, 4) is 5.75 Å². The van der Waals surface area contributed by atoms with Gasteiger partial charge in [-0.1, -0.05) is 15.9 Å². The molecule has 0 fully saturated rings. The number of hydrogen-bond acceptors (Lipinski definition) is 2. The fourth-order valence-electron chi connectivity index (χ4n) is 2.33. The van der Waals surface area contributed by atoms with Gasteiger partial charge in [0.1, 0.15) is 5.75 Å². The van der Waals surface area contributed by atoms with Gasteiger partial charge in [0.25, 0.3) is 0 Å². The molecule has 0 amide bonds. The first kappa shape index (κ1) is 14.2. The molecule has 0 spiro atoms. The van der Waals surface area contributed by atoms with Crippen molar-refractivity contribution in [3.05, 3.63) is 27.7 Å². The summed E-state index contributed by atoms with van der Waals surface area (Å²) in [6, 6.07) is 4.69. The molecular formula is C14H19BrClNO. The summed E-state index contributed by atoms with van der Waals surface area (Å²) in [5.41, 5.74) is 2.53. The predicted octanol–water partition coefficient (Wildman–Crippen LogP) is 3.88. The van der Waals surface area contributed by atoms with Crippen LogP contribution in [0.5, 0.6) is 5.75 Å². The molecule has 0 saturated heterocycles. The normalized spacial score (nSPS) is 17.1. The van der Waals surface area contributed by atoms with Crippen LogP contribution in [0.15, 0.2) is 16.6 Å². The zero-order valence-corrected chi connectivity index (χ0v) is 13.1. The van der Waals surface area contributed by atoms with Crippen LogP contribution in [0.2, 0.25) is 0 Å². The minimum absolute atomic E-state index is 0.206. The van der Waals surface area contributed by atoms with Gasteiger partial charge in [-0.25, -0.2) is 0 Å². The fraction of sp³-hybridized carbons (Fsp3) is 0.571. The highest BCUT2D eigenvalue weighted by Crippen LogP contribution is 2.32.